The van der Waals surface area contributed by atoms with Crippen LogP contribution in [0.4, 0.5) is 0 Å². The Balaban J connectivity index is 1.27. The van der Waals surface area contributed by atoms with Crippen LogP contribution in [0.1, 0.15) is 33.9 Å². The summed E-state index contributed by atoms with van der Waals surface area (Å²) in [5.41, 5.74) is 7.37. The van der Waals surface area contributed by atoms with Gasteiger partial charge in [0.15, 0.2) is 0 Å². The molecule has 0 N–H and O–H groups in total. The van der Waals surface area contributed by atoms with E-state index in [0.29, 0.717) is 0 Å². The van der Waals surface area contributed by atoms with E-state index < -0.39 is 0 Å². The number of benzene rings is 2. The molecule has 0 radical (unpaired) electrons. The zero-order chi connectivity index (χ0) is 17.3. The van der Waals surface area contributed by atoms with E-state index in [1.54, 1.807) is 0 Å². The predicted molar refractivity (Wildman–Crippen MR) is 101 cm³/mol. The van der Waals surface area contributed by atoms with E-state index in [0.717, 1.165) is 39.3 Å². The van der Waals surface area contributed by atoms with Crippen molar-refractivity contribution in [3.05, 3.63) is 94.6 Å². The topological polar surface area (TPSA) is 32.3 Å². The van der Waals surface area contributed by atoms with Crippen molar-refractivity contribution in [3.63, 3.8) is 0 Å². The lowest BCUT2D eigenvalue weighted by Crippen LogP contribution is -2.16. The standard InChI is InChI=1S/C22H22N4/c1-3-7-17(8-4-1)11-25-13-19-20(14-25)24-22-16-26(15-21(22)23-19)12-18-9-5-2-6-10-18/h1-10H,11-16H2. The minimum absolute atomic E-state index is 0.906. The Morgan fingerprint density at radius 2 is 0.885 bits per heavy atom. The summed E-state index contributed by atoms with van der Waals surface area (Å²) >= 11 is 0. The Morgan fingerprint density at radius 1 is 0.538 bits per heavy atom. The van der Waals surface area contributed by atoms with Crippen LogP contribution in [-0.2, 0) is 39.3 Å². The summed E-state index contributed by atoms with van der Waals surface area (Å²) in [7, 11) is 0. The summed E-state index contributed by atoms with van der Waals surface area (Å²) in [6.07, 6.45) is 0. The molecule has 2 aliphatic heterocycles. The zero-order valence-electron chi connectivity index (χ0n) is 14.8. The summed E-state index contributed by atoms with van der Waals surface area (Å²) in [5, 5.41) is 0. The van der Waals surface area contributed by atoms with Gasteiger partial charge in [-0.05, 0) is 11.1 Å². The summed E-state index contributed by atoms with van der Waals surface area (Å²) in [5.74, 6) is 0. The maximum Gasteiger partial charge on any atom is 0.0776 e. The second kappa shape index (κ2) is 6.63. The van der Waals surface area contributed by atoms with Crippen molar-refractivity contribution in [3.8, 4) is 0 Å². The van der Waals surface area contributed by atoms with Gasteiger partial charge < -0.3 is 0 Å². The predicted octanol–water partition coefficient (Wildman–Crippen LogP) is 3.51. The zero-order valence-corrected chi connectivity index (χ0v) is 14.8. The molecule has 4 heteroatoms. The van der Waals surface area contributed by atoms with Crippen molar-refractivity contribution >= 4 is 0 Å². The Kier molecular flexibility index (Phi) is 4.00. The van der Waals surface area contributed by atoms with Gasteiger partial charge in [-0.15, -0.1) is 0 Å². The fraction of sp³-hybridized carbons (Fsp3) is 0.273. The van der Waals surface area contributed by atoms with Crippen molar-refractivity contribution in [2.45, 2.75) is 39.3 Å². The molecule has 0 saturated heterocycles. The number of rotatable bonds is 4. The molecule has 130 valence electrons. The molecule has 3 heterocycles. The largest absolute Gasteiger partial charge is 0.287 e. The molecule has 3 aromatic rings. The number of fused-ring (bicyclic) bond motifs is 2. The summed E-state index contributed by atoms with van der Waals surface area (Å²) in [6, 6.07) is 21.3. The van der Waals surface area contributed by atoms with Crippen LogP contribution in [0.3, 0.4) is 0 Å². The van der Waals surface area contributed by atoms with Gasteiger partial charge in [-0.2, -0.15) is 0 Å². The van der Waals surface area contributed by atoms with Gasteiger partial charge in [0.1, 0.15) is 0 Å². The van der Waals surface area contributed by atoms with E-state index in [4.69, 9.17) is 9.97 Å². The third kappa shape index (κ3) is 3.14. The van der Waals surface area contributed by atoms with E-state index in [9.17, 15) is 0 Å². The quantitative estimate of drug-likeness (QED) is 0.726. The molecule has 26 heavy (non-hydrogen) atoms. The molecular weight excluding hydrogens is 320 g/mol. The summed E-state index contributed by atoms with van der Waals surface area (Å²) < 4.78 is 0. The average molecular weight is 342 g/mol. The van der Waals surface area contributed by atoms with Crippen molar-refractivity contribution in [2.24, 2.45) is 0 Å². The van der Waals surface area contributed by atoms with E-state index in [2.05, 4.69) is 70.5 Å². The second-order valence-corrected chi connectivity index (χ2v) is 7.27. The van der Waals surface area contributed by atoms with Crippen molar-refractivity contribution in [1.82, 2.24) is 19.8 Å². The Hall–Kier alpha value is -2.56. The molecule has 0 unspecified atom stereocenters. The average Bonchev–Trinajstić information content (AvgIpc) is 3.22. The minimum atomic E-state index is 0.906. The third-order valence-corrected chi connectivity index (χ3v) is 5.20. The van der Waals surface area contributed by atoms with Crippen molar-refractivity contribution in [1.29, 1.82) is 0 Å². The van der Waals surface area contributed by atoms with Crippen LogP contribution in [0.25, 0.3) is 0 Å². The summed E-state index contributed by atoms with van der Waals surface area (Å²) in [6.45, 7) is 5.55. The molecular formula is C22H22N4. The lowest BCUT2D eigenvalue weighted by molar-refractivity contribution is 0.265. The Bertz CT molecular complexity index is 800. The molecule has 0 bridgehead atoms. The highest BCUT2D eigenvalue weighted by atomic mass is 15.2. The lowest BCUT2D eigenvalue weighted by Gasteiger charge is -2.14. The van der Waals surface area contributed by atoms with Crippen molar-refractivity contribution in [2.75, 3.05) is 0 Å². The first-order chi connectivity index (χ1) is 12.8. The molecule has 5 rings (SSSR count). The minimum Gasteiger partial charge on any atom is -0.287 e. The van der Waals surface area contributed by atoms with Crippen LogP contribution in [0, 0.1) is 0 Å². The van der Waals surface area contributed by atoms with Crippen LogP contribution >= 0.6 is 0 Å². The van der Waals surface area contributed by atoms with E-state index in [-0.39, 0.29) is 0 Å². The third-order valence-electron chi connectivity index (χ3n) is 5.20. The molecule has 0 saturated carbocycles. The lowest BCUT2D eigenvalue weighted by atomic mass is 10.2. The van der Waals surface area contributed by atoms with Gasteiger partial charge in [-0.25, -0.2) is 0 Å². The van der Waals surface area contributed by atoms with Gasteiger partial charge >= 0.3 is 0 Å². The molecule has 2 aliphatic rings. The van der Waals surface area contributed by atoms with Gasteiger partial charge in [0.2, 0.25) is 0 Å². The normalized spacial score (nSPS) is 16.6. The number of nitrogens with zero attached hydrogens (tertiary/aromatic N) is 4. The first-order valence-electron chi connectivity index (χ1n) is 9.23. The number of hydrogen-bond acceptors (Lipinski definition) is 4. The van der Waals surface area contributed by atoms with E-state index in [1.807, 2.05) is 0 Å². The Labute approximate surface area is 154 Å². The number of hydrogen-bond donors (Lipinski definition) is 0. The van der Waals surface area contributed by atoms with Crippen LogP contribution in [0.2, 0.25) is 0 Å². The SMILES string of the molecule is c1ccc(CN2Cc3nc4c(nc3C2)CN(Cc2ccccc2)C4)cc1. The number of aromatic nitrogens is 2. The molecule has 0 fully saturated rings. The monoisotopic (exact) mass is 342 g/mol. The van der Waals surface area contributed by atoms with Crippen LogP contribution in [-0.4, -0.2) is 19.8 Å². The van der Waals surface area contributed by atoms with Crippen LogP contribution in [0.5, 0.6) is 0 Å². The van der Waals surface area contributed by atoms with Crippen LogP contribution < -0.4 is 0 Å². The fourth-order valence-corrected chi connectivity index (χ4v) is 3.96. The maximum absolute atomic E-state index is 4.97. The smallest absolute Gasteiger partial charge is 0.0776 e. The van der Waals surface area contributed by atoms with E-state index in [1.165, 1.54) is 33.9 Å². The molecule has 0 amide bonds. The molecule has 0 aliphatic carbocycles. The van der Waals surface area contributed by atoms with E-state index >= 15 is 0 Å². The molecule has 2 aromatic carbocycles. The highest BCUT2D eigenvalue weighted by molar-refractivity contribution is 5.27. The molecule has 0 atom stereocenters. The second-order valence-electron chi connectivity index (χ2n) is 7.27. The Morgan fingerprint density at radius 3 is 1.23 bits per heavy atom. The van der Waals surface area contributed by atoms with Gasteiger partial charge in [-0.1, -0.05) is 60.7 Å². The van der Waals surface area contributed by atoms with Gasteiger partial charge in [0.25, 0.3) is 0 Å². The first-order valence-corrected chi connectivity index (χ1v) is 9.23. The van der Waals surface area contributed by atoms with Crippen molar-refractivity contribution < 1.29 is 0 Å². The fourth-order valence-electron chi connectivity index (χ4n) is 3.96. The highest BCUT2D eigenvalue weighted by Crippen LogP contribution is 2.27. The first kappa shape index (κ1) is 15.7. The summed E-state index contributed by atoms with van der Waals surface area (Å²) in [4.78, 5) is 14.8. The van der Waals surface area contributed by atoms with Gasteiger partial charge in [0.05, 0.1) is 22.8 Å². The maximum atomic E-state index is 4.97. The van der Waals surface area contributed by atoms with Gasteiger partial charge in [-0.3, -0.25) is 19.8 Å². The van der Waals surface area contributed by atoms with Gasteiger partial charge in [0, 0.05) is 39.3 Å². The molecule has 0 spiro atoms. The highest BCUT2D eigenvalue weighted by Gasteiger charge is 2.28. The molecule has 4 nitrogen and oxygen atoms in total. The van der Waals surface area contributed by atoms with Crippen LogP contribution in [0.15, 0.2) is 60.7 Å². The molecule has 1 aromatic heterocycles.